The second-order valence-corrected chi connectivity index (χ2v) is 2.90. The summed E-state index contributed by atoms with van der Waals surface area (Å²) >= 11 is 0. The molecule has 0 amide bonds. The van der Waals surface area contributed by atoms with Gasteiger partial charge in [-0.1, -0.05) is 24.3 Å². The van der Waals surface area contributed by atoms with Gasteiger partial charge in [0.15, 0.2) is 5.82 Å². The molecule has 1 aliphatic heterocycles. The van der Waals surface area contributed by atoms with Crippen molar-refractivity contribution < 1.29 is 0 Å². The van der Waals surface area contributed by atoms with Gasteiger partial charge in [0.1, 0.15) is 6.33 Å². The molecule has 0 unspecified atom stereocenters. The fraction of sp³-hybridized carbons (Fsp3) is 0.111. The van der Waals surface area contributed by atoms with Gasteiger partial charge in [-0.2, -0.15) is 5.10 Å². The van der Waals surface area contributed by atoms with Crippen LogP contribution in [0.3, 0.4) is 0 Å². The van der Waals surface area contributed by atoms with Crippen molar-refractivity contribution >= 4 is 0 Å². The van der Waals surface area contributed by atoms with E-state index in [0.29, 0.717) is 0 Å². The molecule has 1 aliphatic rings. The summed E-state index contributed by atoms with van der Waals surface area (Å²) in [6, 6.07) is 8.28. The van der Waals surface area contributed by atoms with Crippen molar-refractivity contribution in [1.82, 2.24) is 14.8 Å². The predicted octanol–water partition coefficient (Wildman–Crippen LogP) is 1.31. The van der Waals surface area contributed by atoms with Gasteiger partial charge in [-0.15, -0.1) is 0 Å². The maximum atomic E-state index is 4.19. The Labute approximate surface area is 69.7 Å². The maximum Gasteiger partial charge on any atom is 0.158 e. The number of benzene rings is 1. The third-order valence-electron chi connectivity index (χ3n) is 2.19. The molecule has 3 nitrogen and oxygen atoms in total. The molecule has 0 saturated heterocycles. The van der Waals surface area contributed by atoms with Gasteiger partial charge in [-0.3, -0.25) is 0 Å². The Morgan fingerprint density at radius 2 is 2.17 bits per heavy atom. The SMILES string of the molecule is c1ccc2c(c1)Cn1ncnc1-2. The van der Waals surface area contributed by atoms with Crippen LogP contribution in [0.25, 0.3) is 11.4 Å². The molecule has 1 aromatic carbocycles. The summed E-state index contributed by atoms with van der Waals surface area (Å²) in [4.78, 5) is 4.19. The number of rotatable bonds is 0. The van der Waals surface area contributed by atoms with Crippen LogP contribution in [0.15, 0.2) is 30.6 Å². The molecule has 0 bridgehead atoms. The fourth-order valence-corrected chi connectivity index (χ4v) is 1.63. The highest BCUT2D eigenvalue weighted by molar-refractivity contribution is 5.63. The van der Waals surface area contributed by atoms with Crippen LogP contribution in [0, 0.1) is 0 Å². The van der Waals surface area contributed by atoms with Gasteiger partial charge >= 0.3 is 0 Å². The normalized spacial score (nSPS) is 12.7. The molecular weight excluding hydrogens is 150 g/mol. The molecule has 0 spiro atoms. The molecular formula is C9H7N3. The molecule has 0 saturated carbocycles. The van der Waals surface area contributed by atoms with Gasteiger partial charge in [-0.05, 0) is 5.56 Å². The average Bonchev–Trinajstić information content (AvgIpc) is 2.62. The lowest BCUT2D eigenvalue weighted by molar-refractivity contribution is 0.720. The Morgan fingerprint density at radius 1 is 1.25 bits per heavy atom. The molecule has 3 rings (SSSR count). The van der Waals surface area contributed by atoms with E-state index in [1.165, 1.54) is 11.1 Å². The summed E-state index contributed by atoms with van der Waals surface area (Å²) < 4.78 is 1.92. The lowest BCUT2D eigenvalue weighted by atomic mass is 10.1. The standard InChI is InChI=1S/C9H7N3/c1-2-4-8-7(3-1)5-12-9(8)10-6-11-12/h1-4,6H,5H2. The molecule has 0 atom stereocenters. The zero-order valence-electron chi connectivity index (χ0n) is 6.44. The summed E-state index contributed by atoms with van der Waals surface area (Å²) in [6.07, 6.45) is 1.60. The molecule has 2 heterocycles. The van der Waals surface area contributed by atoms with Crippen LogP contribution < -0.4 is 0 Å². The number of nitrogens with zero attached hydrogens (tertiary/aromatic N) is 3. The summed E-state index contributed by atoms with van der Waals surface area (Å²) in [7, 11) is 0. The van der Waals surface area contributed by atoms with Crippen molar-refractivity contribution in [3.63, 3.8) is 0 Å². The maximum absolute atomic E-state index is 4.19. The number of aromatic nitrogens is 3. The monoisotopic (exact) mass is 157 g/mol. The second-order valence-electron chi connectivity index (χ2n) is 2.90. The van der Waals surface area contributed by atoms with Crippen molar-refractivity contribution in [2.24, 2.45) is 0 Å². The van der Waals surface area contributed by atoms with Crippen LogP contribution in [0.4, 0.5) is 0 Å². The molecule has 0 aliphatic carbocycles. The Balaban J connectivity index is 2.34. The van der Waals surface area contributed by atoms with E-state index in [1.54, 1.807) is 6.33 Å². The first-order chi connectivity index (χ1) is 5.95. The van der Waals surface area contributed by atoms with Crippen molar-refractivity contribution in [3.8, 4) is 11.4 Å². The van der Waals surface area contributed by atoms with E-state index >= 15 is 0 Å². The largest absolute Gasteiger partial charge is 0.241 e. The number of hydrogen-bond acceptors (Lipinski definition) is 2. The summed E-state index contributed by atoms with van der Waals surface area (Å²) in [5.41, 5.74) is 2.53. The van der Waals surface area contributed by atoms with Crippen molar-refractivity contribution in [3.05, 3.63) is 36.2 Å². The van der Waals surface area contributed by atoms with Crippen molar-refractivity contribution in [2.45, 2.75) is 6.54 Å². The van der Waals surface area contributed by atoms with Crippen LogP contribution >= 0.6 is 0 Å². The van der Waals surface area contributed by atoms with Crippen LogP contribution in [-0.4, -0.2) is 14.8 Å². The summed E-state index contributed by atoms with van der Waals surface area (Å²) in [5.74, 6) is 0.991. The van der Waals surface area contributed by atoms with E-state index in [9.17, 15) is 0 Å². The van der Waals surface area contributed by atoms with E-state index < -0.39 is 0 Å². The van der Waals surface area contributed by atoms with E-state index in [2.05, 4.69) is 22.2 Å². The van der Waals surface area contributed by atoms with Gasteiger partial charge in [0.25, 0.3) is 0 Å². The molecule has 12 heavy (non-hydrogen) atoms. The third kappa shape index (κ3) is 0.605. The molecule has 58 valence electrons. The van der Waals surface area contributed by atoms with Gasteiger partial charge in [0.05, 0.1) is 6.54 Å². The van der Waals surface area contributed by atoms with E-state index in [1.807, 2.05) is 16.8 Å². The quantitative estimate of drug-likeness (QED) is 0.492. The molecule has 0 N–H and O–H groups in total. The Morgan fingerprint density at radius 3 is 3.17 bits per heavy atom. The van der Waals surface area contributed by atoms with Crippen LogP contribution in [0.1, 0.15) is 5.56 Å². The summed E-state index contributed by atoms with van der Waals surface area (Å²) in [5, 5.41) is 4.12. The highest BCUT2D eigenvalue weighted by Crippen LogP contribution is 2.28. The number of hydrogen-bond donors (Lipinski definition) is 0. The Bertz CT molecular complexity index is 431. The second kappa shape index (κ2) is 1.94. The van der Waals surface area contributed by atoms with Gasteiger partial charge in [0.2, 0.25) is 0 Å². The molecule has 2 aromatic rings. The first-order valence-corrected chi connectivity index (χ1v) is 3.91. The highest BCUT2D eigenvalue weighted by Gasteiger charge is 2.18. The molecule has 0 radical (unpaired) electrons. The minimum absolute atomic E-state index is 0.867. The van der Waals surface area contributed by atoms with Gasteiger partial charge < -0.3 is 0 Å². The lowest BCUT2D eigenvalue weighted by Gasteiger charge is -1.92. The molecule has 0 fully saturated rings. The van der Waals surface area contributed by atoms with E-state index in [0.717, 1.165) is 12.4 Å². The predicted molar refractivity (Wildman–Crippen MR) is 44.6 cm³/mol. The van der Waals surface area contributed by atoms with Crippen LogP contribution in [-0.2, 0) is 6.54 Å². The van der Waals surface area contributed by atoms with E-state index in [4.69, 9.17) is 0 Å². The first-order valence-electron chi connectivity index (χ1n) is 3.91. The van der Waals surface area contributed by atoms with Gasteiger partial charge in [0, 0.05) is 5.56 Å². The van der Waals surface area contributed by atoms with Crippen molar-refractivity contribution in [2.75, 3.05) is 0 Å². The first kappa shape index (κ1) is 5.94. The third-order valence-corrected chi connectivity index (χ3v) is 2.19. The molecule has 1 aromatic heterocycles. The number of fused-ring (bicyclic) bond motifs is 3. The van der Waals surface area contributed by atoms with E-state index in [-0.39, 0.29) is 0 Å². The van der Waals surface area contributed by atoms with Crippen molar-refractivity contribution in [1.29, 1.82) is 0 Å². The molecule has 3 heteroatoms. The average molecular weight is 157 g/mol. The zero-order valence-corrected chi connectivity index (χ0v) is 6.44. The lowest BCUT2D eigenvalue weighted by Crippen LogP contribution is -1.93. The fourth-order valence-electron chi connectivity index (χ4n) is 1.63. The minimum Gasteiger partial charge on any atom is -0.241 e. The zero-order chi connectivity index (χ0) is 7.97. The summed E-state index contributed by atoms with van der Waals surface area (Å²) in [6.45, 7) is 0.867. The topological polar surface area (TPSA) is 30.7 Å². The Kier molecular flexibility index (Phi) is 0.961. The van der Waals surface area contributed by atoms with Crippen LogP contribution in [0.5, 0.6) is 0 Å². The Hall–Kier alpha value is -1.64. The highest BCUT2D eigenvalue weighted by atomic mass is 15.3. The van der Waals surface area contributed by atoms with Gasteiger partial charge in [-0.25, -0.2) is 9.67 Å². The minimum atomic E-state index is 0.867. The van der Waals surface area contributed by atoms with Crippen LogP contribution in [0.2, 0.25) is 0 Å². The smallest absolute Gasteiger partial charge is 0.158 e.